The van der Waals surface area contributed by atoms with Crippen LogP contribution in [0.3, 0.4) is 0 Å². The summed E-state index contributed by atoms with van der Waals surface area (Å²) in [6.07, 6.45) is 0.252. The number of carbonyl (C=O) groups excluding carboxylic acids is 2. The van der Waals surface area contributed by atoms with Crippen molar-refractivity contribution in [3.8, 4) is 0 Å². The molecule has 0 spiro atoms. The second-order valence-corrected chi connectivity index (χ2v) is 10.4. The lowest BCUT2D eigenvalue weighted by molar-refractivity contribution is -0.164. The number of carboxylic acid groups (broad SMARTS) is 1. The molecule has 0 saturated heterocycles. The number of rotatable bonds is 13. The first-order valence-electron chi connectivity index (χ1n) is 10.5. The summed E-state index contributed by atoms with van der Waals surface area (Å²) < 4.78 is 22.6. The Kier molecular flexibility index (Phi) is 11.6. The van der Waals surface area contributed by atoms with E-state index in [0.717, 1.165) is 5.56 Å². The van der Waals surface area contributed by atoms with Crippen LogP contribution in [0.1, 0.15) is 46.6 Å². The van der Waals surface area contributed by atoms with Crippen molar-refractivity contribution in [2.75, 3.05) is 13.1 Å². The van der Waals surface area contributed by atoms with Crippen molar-refractivity contribution in [3.05, 3.63) is 35.9 Å². The van der Waals surface area contributed by atoms with Crippen LogP contribution in [0, 0.1) is 11.3 Å². The highest BCUT2D eigenvalue weighted by atomic mass is 31.1. The quantitative estimate of drug-likeness (QED) is 0.174. The van der Waals surface area contributed by atoms with Gasteiger partial charge in [-0.1, -0.05) is 44.2 Å². The molecule has 1 aromatic rings. The molecule has 0 bridgehead atoms. The van der Waals surface area contributed by atoms with Gasteiger partial charge in [-0.05, 0) is 45.1 Å². The van der Waals surface area contributed by atoms with Crippen LogP contribution in [0.15, 0.2) is 30.3 Å². The smallest absolute Gasteiger partial charge is 0.326 e. The van der Waals surface area contributed by atoms with Crippen molar-refractivity contribution in [2.45, 2.75) is 59.5 Å². The Labute approximate surface area is 190 Å². The van der Waals surface area contributed by atoms with Crippen LogP contribution in [0.5, 0.6) is 0 Å². The molecule has 9 nitrogen and oxygen atoms in total. The molecule has 0 heterocycles. The molecule has 180 valence electrons. The average Bonchev–Trinajstić information content (AvgIpc) is 2.69. The van der Waals surface area contributed by atoms with Gasteiger partial charge in [0.2, 0.25) is 5.91 Å². The van der Waals surface area contributed by atoms with Gasteiger partial charge in [0.1, 0.15) is 12.4 Å². The van der Waals surface area contributed by atoms with Gasteiger partial charge in [0.15, 0.2) is 14.7 Å². The number of aliphatic carboxylic acids is 1. The minimum atomic E-state index is -2.58. The summed E-state index contributed by atoms with van der Waals surface area (Å²) >= 11 is 0. The maximum Gasteiger partial charge on any atom is 0.326 e. The van der Waals surface area contributed by atoms with Crippen molar-refractivity contribution in [1.29, 1.82) is 0 Å². The van der Waals surface area contributed by atoms with E-state index in [1.807, 2.05) is 44.2 Å². The first kappa shape index (κ1) is 27.8. The van der Waals surface area contributed by atoms with Crippen molar-refractivity contribution in [2.24, 2.45) is 11.3 Å². The molecule has 1 amide bonds. The predicted octanol–water partition coefficient (Wildman–Crippen LogP) is 2.80. The molecule has 1 unspecified atom stereocenters. The van der Waals surface area contributed by atoms with Crippen LogP contribution in [0.2, 0.25) is 0 Å². The van der Waals surface area contributed by atoms with E-state index < -0.39 is 43.3 Å². The van der Waals surface area contributed by atoms with Crippen LogP contribution in [-0.4, -0.2) is 48.2 Å². The van der Waals surface area contributed by atoms with Gasteiger partial charge in [0, 0.05) is 0 Å². The normalized spacial score (nSPS) is 14.4. The molecule has 0 fully saturated rings. The minimum absolute atomic E-state index is 0.0697. The summed E-state index contributed by atoms with van der Waals surface area (Å²) in [6.45, 7) is 8.50. The first-order chi connectivity index (χ1) is 14.9. The second kappa shape index (κ2) is 13.4. The molecule has 0 aliphatic rings. The molecule has 0 aliphatic heterocycles. The highest BCUT2D eigenvalue weighted by Gasteiger charge is 2.27. The molecule has 3 N–H and O–H groups in total. The Balaban J connectivity index is 2.74. The molecule has 10 heteroatoms. The number of carbonyl (C=O) groups is 3. The summed E-state index contributed by atoms with van der Waals surface area (Å²) in [6, 6.07) is 7.16. The van der Waals surface area contributed by atoms with E-state index in [1.54, 1.807) is 20.8 Å². The Morgan fingerprint density at radius 2 is 1.72 bits per heavy atom. The van der Waals surface area contributed by atoms with E-state index >= 15 is 0 Å². The Bertz CT molecular complexity index is 778. The highest BCUT2D eigenvalue weighted by Crippen LogP contribution is 2.19. The number of benzene rings is 1. The van der Waals surface area contributed by atoms with Gasteiger partial charge in [-0.25, -0.2) is 4.79 Å². The Hall–Kier alpha value is -2.22. The lowest BCUT2D eigenvalue weighted by Crippen LogP contribution is -2.50. The molecular formula is C22H35N2O7P. The summed E-state index contributed by atoms with van der Waals surface area (Å²) in [5.41, 5.74) is 0.147. The zero-order valence-electron chi connectivity index (χ0n) is 19.3. The summed E-state index contributed by atoms with van der Waals surface area (Å²) in [7, 11) is -2.58. The fourth-order valence-electron chi connectivity index (χ4n) is 2.71. The van der Waals surface area contributed by atoms with E-state index in [-0.39, 0.29) is 31.9 Å². The second-order valence-electron chi connectivity index (χ2n) is 8.99. The number of amides is 1. The van der Waals surface area contributed by atoms with Crippen LogP contribution in [-0.2, 0) is 34.8 Å². The minimum Gasteiger partial charge on any atom is -0.480 e. The van der Waals surface area contributed by atoms with Crippen LogP contribution < -0.4 is 10.4 Å². The number of hydrogen-bond donors (Lipinski definition) is 3. The molecule has 32 heavy (non-hydrogen) atoms. The fraction of sp³-hybridized carbons (Fsp3) is 0.591. The topological polar surface area (TPSA) is 131 Å². The lowest BCUT2D eigenvalue weighted by atomic mass is 9.98. The monoisotopic (exact) mass is 470 g/mol. The number of hydrogen-bond acceptors (Lipinski definition) is 6. The third-order valence-corrected chi connectivity index (χ3v) is 5.51. The third kappa shape index (κ3) is 10.9. The van der Waals surface area contributed by atoms with E-state index in [0.29, 0.717) is 0 Å². The number of carboxylic acids is 1. The van der Waals surface area contributed by atoms with Gasteiger partial charge in [-0.3, -0.25) is 14.7 Å². The first-order valence-corrected chi connectivity index (χ1v) is 12.1. The number of ether oxygens (including phenoxy) is 2. The molecule has 3 atom stereocenters. The largest absolute Gasteiger partial charge is 0.480 e. The fourth-order valence-corrected chi connectivity index (χ4v) is 3.68. The van der Waals surface area contributed by atoms with Crippen molar-refractivity contribution in [3.63, 3.8) is 0 Å². The molecular weight excluding hydrogens is 435 g/mol. The summed E-state index contributed by atoms with van der Waals surface area (Å²) in [5, 5.41) is 14.7. The average molecular weight is 471 g/mol. The van der Waals surface area contributed by atoms with Crippen LogP contribution >= 0.6 is 7.95 Å². The van der Waals surface area contributed by atoms with E-state index in [1.165, 1.54) is 0 Å². The Morgan fingerprint density at radius 3 is 2.25 bits per heavy atom. The SMILES string of the molecule is CC(C)C[C@H](NC(=O)[C@H](Cc1ccccc1)N[PH](=O)COCOC(=O)C(C)(C)C)C(=O)O. The predicted molar refractivity (Wildman–Crippen MR) is 121 cm³/mol. The maximum atomic E-state index is 12.8. The molecule has 1 rings (SSSR count). The molecule has 0 aromatic heterocycles. The number of nitrogens with one attached hydrogen (secondary N) is 2. The van der Waals surface area contributed by atoms with Gasteiger partial charge in [-0.15, -0.1) is 0 Å². The third-order valence-electron chi connectivity index (χ3n) is 4.37. The highest BCUT2D eigenvalue weighted by molar-refractivity contribution is 7.42. The van der Waals surface area contributed by atoms with Gasteiger partial charge >= 0.3 is 11.9 Å². The zero-order valence-corrected chi connectivity index (χ0v) is 20.3. The maximum absolute atomic E-state index is 12.8. The van der Waals surface area contributed by atoms with E-state index in [4.69, 9.17) is 9.47 Å². The van der Waals surface area contributed by atoms with Crippen LogP contribution in [0.4, 0.5) is 0 Å². The molecule has 0 radical (unpaired) electrons. The Morgan fingerprint density at radius 1 is 1.09 bits per heavy atom. The van der Waals surface area contributed by atoms with E-state index in [2.05, 4.69) is 10.4 Å². The molecule has 0 saturated carbocycles. The van der Waals surface area contributed by atoms with Gasteiger partial charge in [-0.2, -0.15) is 0 Å². The zero-order chi connectivity index (χ0) is 24.3. The molecule has 0 aliphatic carbocycles. The van der Waals surface area contributed by atoms with Crippen molar-refractivity contribution < 1.29 is 33.5 Å². The van der Waals surface area contributed by atoms with Gasteiger partial charge in [0.25, 0.3) is 0 Å². The summed E-state index contributed by atoms with van der Waals surface area (Å²) in [5.74, 6) is -2.06. The number of esters is 1. The molecule has 1 aromatic carbocycles. The summed E-state index contributed by atoms with van der Waals surface area (Å²) in [4.78, 5) is 36.1. The van der Waals surface area contributed by atoms with Gasteiger partial charge in [0.05, 0.1) is 11.5 Å². The standard InChI is InChI=1S/C22H35N2O7P/c1-15(2)11-18(20(26)27)23-19(25)17(12-16-9-7-6-8-10-16)24-32(29)14-30-13-31-21(28)22(3,4)5/h6-10,15,17-18,32H,11-14H2,1-5H3,(H,23,25)(H,24,29)(H,26,27)/t17-,18-/m0/s1. The van der Waals surface area contributed by atoms with Crippen molar-refractivity contribution >= 4 is 25.8 Å². The van der Waals surface area contributed by atoms with E-state index in [9.17, 15) is 24.1 Å². The lowest BCUT2D eigenvalue weighted by Gasteiger charge is -2.22. The van der Waals surface area contributed by atoms with Crippen molar-refractivity contribution in [1.82, 2.24) is 10.4 Å². The van der Waals surface area contributed by atoms with Gasteiger partial charge < -0.3 is 24.5 Å². The van der Waals surface area contributed by atoms with Crippen LogP contribution in [0.25, 0.3) is 0 Å².